The fourth-order valence-corrected chi connectivity index (χ4v) is 2.33. The lowest BCUT2D eigenvalue weighted by atomic mass is 10.3. The number of nitrogens with one attached hydrogen (secondary N) is 1. The molecule has 0 fully saturated rings. The Morgan fingerprint density at radius 3 is 3.00 bits per heavy atom. The van der Waals surface area contributed by atoms with Crippen LogP contribution in [0.3, 0.4) is 0 Å². The normalized spacial score (nSPS) is 13.3. The van der Waals surface area contributed by atoms with Crippen molar-refractivity contribution in [1.82, 2.24) is 19.7 Å². The minimum atomic E-state index is 0.155. The SMILES string of the molecule is CNC(C)c1nc(Br)c2c(Cl)nccn12. The molecule has 2 aromatic heterocycles. The number of rotatable bonds is 2. The second-order valence-corrected chi connectivity index (χ2v) is 4.32. The van der Waals surface area contributed by atoms with Gasteiger partial charge in [0, 0.05) is 12.4 Å². The van der Waals surface area contributed by atoms with Gasteiger partial charge in [0.1, 0.15) is 15.9 Å². The summed E-state index contributed by atoms with van der Waals surface area (Å²) in [5.74, 6) is 0.906. The number of fused-ring (bicyclic) bond motifs is 1. The van der Waals surface area contributed by atoms with Gasteiger partial charge in [0.2, 0.25) is 0 Å². The number of imidazole rings is 1. The Hall–Kier alpha value is -0.650. The molecule has 4 nitrogen and oxygen atoms in total. The van der Waals surface area contributed by atoms with E-state index in [1.165, 1.54) is 0 Å². The maximum Gasteiger partial charge on any atom is 0.155 e. The molecule has 0 aliphatic carbocycles. The van der Waals surface area contributed by atoms with Crippen LogP contribution >= 0.6 is 27.5 Å². The van der Waals surface area contributed by atoms with Crippen molar-refractivity contribution in [1.29, 1.82) is 0 Å². The molecule has 0 aliphatic rings. The highest BCUT2D eigenvalue weighted by molar-refractivity contribution is 9.10. The van der Waals surface area contributed by atoms with Gasteiger partial charge >= 0.3 is 0 Å². The second-order valence-electron chi connectivity index (χ2n) is 3.21. The van der Waals surface area contributed by atoms with Crippen molar-refractivity contribution in [3.05, 3.63) is 28.0 Å². The monoisotopic (exact) mass is 288 g/mol. The summed E-state index contributed by atoms with van der Waals surface area (Å²) in [5.41, 5.74) is 0.802. The highest BCUT2D eigenvalue weighted by atomic mass is 79.9. The van der Waals surface area contributed by atoms with E-state index in [2.05, 4.69) is 31.2 Å². The summed E-state index contributed by atoms with van der Waals surface area (Å²) in [6, 6.07) is 0.155. The van der Waals surface area contributed by atoms with Crippen molar-refractivity contribution in [3.8, 4) is 0 Å². The van der Waals surface area contributed by atoms with E-state index in [0.29, 0.717) is 5.15 Å². The summed E-state index contributed by atoms with van der Waals surface area (Å²) in [6.07, 6.45) is 3.51. The van der Waals surface area contributed by atoms with Crippen LogP contribution in [0, 0.1) is 0 Å². The van der Waals surface area contributed by atoms with E-state index in [-0.39, 0.29) is 6.04 Å². The molecule has 2 heterocycles. The third-order valence-corrected chi connectivity index (χ3v) is 3.14. The Morgan fingerprint density at radius 2 is 2.33 bits per heavy atom. The third kappa shape index (κ3) is 1.75. The van der Waals surface area contributed by atoms with Crippen LogP contribution in [0.25, 0.3) is 5.52 Å². The zero-order valence-electron chi connectivity index (χ0n) is 8.33. The van der Waals surface area contributed by atoms with Gasteiger partial charge in [-0.15, -0.1) is 0 Å². The van der Waals surface area contributed by atoms with E-state index in [0.717, 1.165) is 15.9 Å². The van der Waals surface area contributed by atoms with Crippen LogP contribution < -0.4 is 5.32 Å². The molecule has 0 bridgehead atoms. The summed E-state index contributed by atoms with van der Waals surface area (Å²) < 4.78 is 2.65. The van der Waals surface area contributed by atoms with Gasteiger partial charge in [0.05, 0.1) is 6.04 Å². The lowest BCUT2D eigenvalue weighted by Gasteiger charge is -2.08. The van der Waals surface area contributed by atoms with Gasteiger partial charge in [0.25, 0.3) is 0 Å². The Kier molecular flexibility index (Phi) is 2.95. The predicted molar refractivity (Wildman–Crippen MR) is 63.2 cm³/mol. The molecule has 2 rings (SSSR count). The van der Waals surface area contributed by atoms with Crippen LogP contribution in [-0.4, -0.2) is 21.4 Å². The Balaban J connectivity index is 2.73. The summed E-state index contributed by atoms with van der Waals surface area (Å²) in [7, 11) is 1.89. The Morgan fingerprint density at radius 1 is 1.60 bits per heavy atom. The van der Waals surface area contributed by atoms with E-state index < -0.39 is 0 Å². The lowest BCUT2D eigenvalue weighted by Crippen LogP contribution is -2.15. The standard InChI is InChI=1S/C9H10BrClN4/c1-5(12-2)9-14-7(10)6-8(11)13-3-4-15(6)9/h3-5,12H,1-2H3. The van der Waals surface area contributed by atoms with E-state index >= 15 is 0 Å². The molecule has 0 aromatic carbocycles. The molecule has 2 aromatic rings. The van der Waals surface area contributed by atoms with Gasteiger partial charge in [-0.2, -0.15) is 0 Å². The van der Waals surface area contributed by atoms with Gasteiger partial charge < -0.3 is 5.32 Å². The maximum absolute atomic E-state index is 6.00. The fraction of sp³-hybridized carbons (Fsp3) is 0.333. The quantitative estimate of drug-likeness (QED) is 0.923. The number of hydrogen-bond donors (Lipinski definition) is 1. The van der Waals surface area contributed by atoms with Crippen molar-refractivity contribution in [2.75, 3.05) is 7.05 Å². The molecule has 0 aliphatic heterocycles. The average Bonchev–Trinajstić information content (AvgIpc) is 2.56. The second kappa shape index (κ2) is 4.08. The summed E-state index contributed by atoms with van der Waals surface area (Å²) in [6.45, 7) is 2.04. The molecule has 80 valence electrons. The maximum atomic E-state index is 6.00. The lowest BCUT2D eigenvalue weighted by molar-refractivity contribution is 0.607. The molecule has 15 heavy (non-hydrogen) atoms. The van der Waals surface area contributed by atoms with E-state index in [4.69, 9.17) is 11.6 Å². The van der Waals surface area contributed by atoms with Gasteiger partial charge in [-0.3, -0.25) is 4.40 Å². The van der Waals surface area contributed by atoms with Gasteiger partial charge in [0.15, 0.2) is 5.15 Å². The first-order valence-corrected chi connectivity index (χ1v) is 5.67. The number of hydrogen-bond acceptors (Lipinski definition) is 3. The zero-order valence-corrected chi connectivity index (χ0v) is 10.7. The van der Waals surface area contributed by atoms with E-state index in [9.17, 15) is 0 Å². The topological polar surface area (TPSA) is 42.2 Å². The number of aromatic nitrogens is 3. The predicted octanol–water partition coefficient (Wildman–Crippen LogP) is 2.43. The highest BCUT2D eigenvalue weighted by Crippen LogP contribution is 2.26. The van der Waals surface area contributed by atoms with Crippen LogP contribution in [0.2, 0.25) is 5.15 Å². The van der Waals surface area contributed by atoms with Crippen molar-refractivity contribution < 1.29 is 0 Å². The summed E-state index contributed by atoms with van der Waals surface area (Å²) in [4.78, 5) is 8.43. The van der Waals surface area contributed by atoms with Crippen LogP contribution in [0.4, 0.5) is 0 Å². The minimum Gasteiger partial charge on any atom is -0.311 e. The van der Waals surface area contributed by atoms with Crippen molar-refractivity contribution >= 4 is 33.0 Å². The van der Waals surface area contributed by atoms with Crippen LogP contribution in [0.5, 0.6) is 0 Å². The molecule has 0 amide bonds. The van der Waals surface area contributed by atoms with E-state index in [1.54, 1.807) is 6.20 Å². The zero-order chi connectivity index (χ0) is 11.0. The van der Waals surface area contributed by atoms with Crippen LogP contribution in [-0.2, 0) is 0 Å². The summed E-state index contributed by atoms with van der Waals surface area (Å²) in [5, 5.41) is 3.59. The molecule has 1 atom stereocenters. The smallest absolute Gasteiger partial charge is 0.155 e. The fourth-order valence-electron chi connectivity index (χ4n) is 1.42. The molecular weight excluding hydrogens is 279 g/mol. The Bertz CT molecular complexity index is 496. The highest BCUT2D eigenvalue weighted by Gasteiger charge is 2.15. The molecule has 6 heteroatoms. The van der Waals surface area contributed by atoms with Gasteiger partial charge in [-0.1, -0.05) is 11.6 Å². The molecular formula is C9H10BrClN4. The van der Waals surface area contributed by atoms with Crippen molar-refractivity contribution in [3.63, 3.8) is 0 Å². The van der Waals surface area contributed by atoms with Crippen LogP contribution in [0.1, 0.15) is 18.8 Å². The average molecular weight is 290 g/mol. The minimum absolute atomic E-state index is 0.155. The molecule has 0 radical (unpaired) electrons. The Labute approximate surface area is 101 Å². The number of halogens is 2. The van der Waals surface area contributed by atoms with Crippen molar-refractivity contribution in [2.45, 2.75) is 13.0 Å². The molecule has 0 saturated heterocycles. The first kappa shape index (κ1) is 10.9. The molecule has 1 unspecified atom stereocenters. The third-order valence-electron chi connectivity index (χ3n) is 2.32. The molecule has 0 saturated carbocycles. The van der Waals surface area contributed by atoms with Crippen molar-refractivity contribution in [2.24, 2.45) is 0 Å². The molecule has 1 N–H and O–H groups in total. The first-order chi connectivity index (χ1) is 7.15. The van der Waals surface area contributed by atoms with Gasteiger partial charge in [-0.05, 0) is 29.9 Å². The number of nitrogens with zero attached hydrogens (tertiary/aromatic N) is 3. The van der Waals surface area contributed by atoms with E-state index in [1.807, 2.05) is 24.6 Å². The first-order valence-electron chi connectivity index (χ1n) is 4.50. The summed E-state index contributed by atoms with van der Waals surface area (Å²) >= 11 is 9.38. The molecule has 0 spiro atoms. The van der Waals surface area contributed by atoms with Gasteiger partial charge in [-0.25, -0.2) is 9.97 Å². The largest absolute Gasteiger partial charge is 0.311 e. The van der Waals surface area contributed by atoms with Crippen LogP contribution in [0.15, 0.2) is 17.0 Å².